The largest absolute Gasteiger partial charge is 0.489 e. The monoisotopic (exact) mass is 709 g/mol. The number of halogens is 6. The smallest absolute Gasteiger partial charge is 0.416 e. The van der Waals surface area contributed by atoms with Gasteiger partial charge in [0, 0.05) is 29.2 Å². The summed E-state index contributed by atoms with van der Waals surface area (Å²) in [5.41, 5.74) is 3.61. The average molecular weight is 710 g/mol. The van der Waals surface area contributed by atoms with Crippen LogP contribution in [-0.4, -0.2) is 17.1 Å². The third-order valence-electron chi connectivity index (χ3n) is 10.8. The molecule has 1 heterocycles. The second kappa shape index (κ2) is 14.1. The zero-order valence-corrected chi connectivity index (χ0v) is 28.6. The summed E-state index contributed by atoms with van der Waals surface area (Å²) in [6.45, 7) is 2.01. The average Bonchev–Trinajstić information content (AvgIpc) is 3.91. The Hall–Kier alpha value is -4.21. The van der Waals surface area contributed by atoms with Crippen molar-refractivity contribution < 1.29 is 40.6 Å². The van der Waals surface area contributed by atoms with Gasteiger partial charge < -0.3 is 14.0 Å². The summed E-state index contributed by atoms with van der Waals surface area (Å²) in [6, 6.07) is 14.5. The van der Waals surface area contributed by atoms with Crippen LogP contribution in [0.3, 0.4) is 0 Å². The molecule has 0 N–H and O–H groups in total. The highest BCUT2D eigenvalue weighted by Gasteiger charge is 2.38. The second-order valence-electron chi connectivity index (χ2n) is 14.1. The van der Waals surface area contributed by atoms with E-state index in [0.717, 1.165) is 79.1 Å². The summed E-state index contributed by atoms with van der Waals surface area (Å²) in [5.74, 6) is -0.217. The molecule has 0 radical (unpaired) electrons. The van der Waals surface area contributed by atoms with Crippen LogP contribution in [0.5, 0.6) is 5.75 Å². The molecule has 4 nitrogen and oxygen atoms in total. The number of nitrogens with zero attached hydrogens (tertiary/aromatic N) is 1. The molecule has 0 atom stereocenters. The Balaban J connectivity index is 1.23. The molecule has 2 fully saturated rings. The number of alkyl halides is 6. The van der Waals surface area contributed by atoms with Crippen molar-refractivity contribution in [1.29, 1.82) is 0 Å². The van der Waals surface area contributed by atoms with Crippen LogP contribution in [0.15, 0.2) is 60.7 Å². The number of hydrogen-bond acceptors (Lipinski definition) is 3. The number of aromatic nitrogens is 1. The van der Waals surface area contributed by atoms with Gasteiger partial charge in [-0.05, 0) is 121 Å². The van der Waals surface area contributed by atoms with E-state index in [9.17, 15) is 31.1 Å². The van der Waals surface area contributed by atoms with Crippen LogP contribution in [-0.2, 0) is 41.5 Å². The third kappa shape index (κ3) is 7.28. The Bertz CT molecular complexity index is 1960. The molecule has 3 aromatic carbocycles. The standard InChI is InChI=1S/C41H41F6NO3/c1-2-50-38(49)21-29-13-17-33-34-22-30(51-24-26-12-16-32(28-9-5-6-10-28)36(20-26)41(45,46)47)14-18-37(34)48(39(29)33)23-25-11-15-31(27-7-3-4-8-27)35(19-25)40(42,43)44/h11-12,14-16,18-22,27-28H,2-10,13,17,23-24H2,1H3. The van der Waals surface area contributed by atoms with Crippen molar-refractivity contribution in [2.24, 2.45) is 0 Å². The Morgan fingerprint density at radius 1 is 0.784 bits per heavy atom. The number of aryl methyl sites for hydroxylation is 1. The Morgan fingerprint density at radius 2 is 1.37 bits per heavy atom. The topological polar surface area (TPSA) is 40.5 Å². The van der Waals surface area contributed by atoms with Gasteiger partial charge >= 0.3 is 18.3 Å². The first-order valence-corrected chi connectivity index (χ1v) is 18.0. The molecule has 2 saturated carbocycles. The summed E-state index contributed by atoms with van der Waals surface area (Å²) in [7, 11) is 0. The molecule has 51 heavy (non-hydrogen) atoms. The van der Waals surface area contributed by atoms with Gasteiger partial charge in [0.1, 0.15) is 12.4 Å². The summed E-state index contributed by atoms with van der Waals surface area (Å²) in [5, 5.41) is 0.820. The molecule has 3 aliphatic rings. The Labute approximate surface area is 293 Å². The molecule has 10 heteroatoms. The fourth-order valence-electron chi connectivity index (χ4n) is 8.54. The van der Waals surface area contributed by atoms with E-state index in [1.165, 1.54) is 18.2 Å². The lowest BCUT2D eigenvalue weighted by molar-refractivity contribution is -0.139. The maximum absolute atomic E-state index is 14.4. The quantitative estimate of drug-likeness (QED) is 0.0987. The summed E-state index contributed by atoms with van der Waals surface area (Å²) < 4.78 is 98.7. The Morgan fingerprint density at radius 3 is 1.96 bits per heavy atom. The predicted octanol–water partition coefficient (Wildman–Crippen LogP) is 11.5. The number of rotatable bonds is 9. The molecule has 0 aliphatic heterocycles. The lowest BCUT2D eigenvalue weighted by Gasteiger charge is -2.20. The molecule has 270 valence electrons. The fourth-order valence-corrected chi connectivity index (χ4v) is 8.54. The van der Waals surface area contributed by atoms with Crippen LogP contribution < -0.4 is 4.74 Å². The molecule has 0 bridgehead atoms. The van der Waals surface area contributed by atoms with Crippen LogP contribution in [0.1, 0.15) is 121 Å². The number of hydrogen-bond donors (Lipinski definition) is 0. The van der Waals surface area contributed by atoms with Crippen molar-refractivity contribution in [3.8, 4) is 5.75 Å². The minimum absolute atomic E-state index is 0.0655. The van der Waals surface area contributed by atoms with E-state index < -0.39 is 29.4 Å². The number of allylic oxidation sites excluding steroid dienone is 1. The van der Waals surface area contributed by atoms with Crippen molar-refractivity contribution in [3.63, 3.8) is 0 Å². The molecular weight excluding hydrogens is 668 g/mol. The third-order valence-corrected chi connectivity index (χ3v) is 10.8. The molecular formula is C41H41F6NO3. The molecule has 3 aliphatic carbocycles. The van der Waals surface area contributed by atoms with Gasteiger partial charge in [0.25, 0.3) is 0 Å². The number of ether oxygens (including phenoxy) is 2. The molecule has 1 aromatic heterocycles. The molecule has 0 amide bonds. The highest BCUT2D eigenvalue weighted by molar-refractivity contribution is 5.98. The van der Waals surface area contributed by atoms with Gasteiger partial charge in [-0.25, -0.2) is 4.79 Å². The van der Waals surface area contributed by atoms with Crippen molar-refractivity contribution in [2.75, 3.05) is 6.61 Å². The second-order valence-corrected chi connectivity index (χ2v) is 14.1. The summed E-state index contributed by atoms with van der Waals surface area (Å²) in [6.07, 6.45) is 0.373. The van der Waals surface area contributed by atoms with Gasteiger partial charge in [-0.3, -0.25) is 0 Å². The lowest BCUT2D eigenvalue weighted by Crippen LogP contribution is -2.13. The lowest BCUT2D eigenvalue weighted by atomic mass is 9.91. The van der Waals surface area contributed by atoms with E-state index in [0.29, 0.717) is 40.8 Å². The van der Waals surface area contributed by atoms with Crippen LogP contribution in [0.25, 0.3) is 16.5 Å². The maximum atomic E-state index is 14.4. The highest BCUT2D eigenvalue weighted by Crippen LogP contribution is 2.45. The Kier molecular flexibility index (Phi) is 9.71. The van der Waals surface area contributed by atoms with E-state index in [2.05, 4.69) is 0 Å². The van der Waals surface area contributed by atoms with Gasteiger partial charge in [-0.1, -0.05) is 49.9 Å². The highest BCUT2D eigenvalue weighted by atomic mass is 19.4. The van der Waals surface area contributed by atoms with Crippen molar-refractivity contribution in [1.82, 2.24) is 4.57 Å². The molecule has 0 unspecified atom stereocenters. The molecule has 7 rings (SSSR count). The number of fused-ring (bicyclic) bond motifs is 3. The molecule has 4 aromatic rings. The van der Waals surface area contributed by atoms with Gasteiger partial charge in [0.2, 0.25) is 0 Å². The zero-order chi connectivity index (χ0) is 35.9. The van der Waals surface area contributed by atoms with Crippen LogP contribution in [0.2, 0.25) is 0 Å². The molecule has 0 spiro atoms. The SMILES string of the molecule is CCOC(=O)C=C1CCc2c1n(Cc1ccc(C3CCCC3)c(C(F)(F)F)c1)c1ccc(OCc3ccc(C4CCCC4)c(C(F)(F)F)c3)cc21. The first kappa shape index (κ1) is 35.2. The summed E-state index contributed by atoms with van der Waals surface area (Å²) in [4.78, 5) is 12.5. The van der Waals surface area contributed by atoms with Gasteiger partial charge in [0.15, 0.2) is 0 Å². The number of carbonyl (C=O) groups is 1. The first-order chi connectivity index (χ1) is 24.4. The van der Waals surface area contributed by atoms with Crippen molar-refractivity contribution in [2.45, 2.75) is 108 Å². The van der Waals surface area contributed by atoms with E-state index in [-0.39, 0.29) is 31.6 Å². The van der Waals surface area contributed by atoms with Gasteiger partial charge in [-0.2, -0.15) is 26.3 Å². The number of carbonyl (C=O) groups excluding carboxylic acids is 1. The van der Waals surface area contributed by atoms with Gasteiger partial charge in [-0.15, -0.1) is 0 Å². The predicted molar refractivity (Wildman–Crippen MR) is 184 cm³/mol. The van der Waals surface area contributed by atoms with Crippen molar-refractivity contribution in [3.05, 3.63) is 105 Å². The van der Waals surface area contributed by atoms with E-state index >= 15 is 0 Å². The summed E-state index contributed by atoms with van der Waals surface area (Å²) >= 11 is 0. The van der Waals surface area contributed by atoms with E-state index in [4.69, 9.17) is 9.47 Å². The van der Waals surface area contributed by atoms with Crippen molar-refractivity contribution >= 4 is 22.4 Å². The minimum atomic E-state index is -4.49. The van der Waals surface area contributed by atoms with E-state index in [1.807, 2.05) is 16.7 Å². The number of esters is 1. The first-order valence-electron chi connectivity index (χ1n) is 18.0. The van der Waals surface area contributed by atoms with Crippen LogP contribution in [0, 0.1) is 0 Å². The minimum Gasteiger partial charge on any atom is -0.489 e. The fraction of sp³-hybridized carbons (Fsp3) is 0.439. The zero-order valence-electron chi connectivity index (χ0n) is 28.6. The normalized spacial score (nSPS) is 17.9. The molecule has 0 saturated heterocycles. The van der Waals surface area contributed by atoms with E-state index in [1.54, 1.807) is 37.3 Å². The maximum Gasteiger partial charge on any atom is 0.416 e. The van der Waals surface area contributed by atoms with Gasteiger partial charge in [0.05, 0.1) is 17.7 Å². The van der Waals surface area contributed by atoms with Crippen LogP contribution in [0.4, 0.5) is 26.3 Å². The number of benzene rings is 3. The van der Waals surface area contributed by atoms with Crippen LogP contribution >= 0.6 is 0 Å².